The van der Waals surface area contributed by atoms with Crippen LogP contribution in [0.3, 0.4) is 0 Å². The van der Waals surface area contributed by atoms with Gasteiger partial charge in [0.1, 0.15) is 5.75 Å². The van der Waals surface area contributed by atoms with Crippen molar-refractivity contribution in [2.24, 2.45) is 0 Å². The summed E-state index contributed by atoms with van der Waals surface area (Å²) in [5, 5.41) is 11.9. The lowest BCUT2D eigenvalue weighted by Gasteiger charge is -2.12. The molecule has 0 unspecified atom stereocenters. The highest BCUT2D eigenvalue weighted by Gasteiger charge is 2.08. The number of hydrogen-bond acceptors (Lipinski definition) is 4. The predicted octanol–water partition coefficient (Wildman–Crippen LogP) is 2.09. The molecule has 0 saturated carbocycles. The third kappa shape index (κ3) is 3.97. The van der Waals surface area contributed by atoms with E-state index in [0.29, 0.717) is 22.7 Å². The van der Waals surface area contributed by atoms with Crippen LogP contribution in [0.5, 0.6) is 5.75 Å². The van der Waals surface area contributed by atoms with E-state index in [1.54, 1.807) is 36.4 Å². The van der Waals surface area contributed by atoms with Crippen LogP contribution in [0.4, 0.5) is 11.4 Å². The Morgan fingerprint density at radius 1 is 1.29 bits per heavy atom. The number of para-hydroxylation sites is 1. The van der Waals surface area contributed by atoms with E-state index in [2.05, 4.69) is 5.32 Å². The predicted molar refractivity (Wildman–Crippen MR) is 82.1 cm³/mol. The lowest BCUT2D eigenvalue weighted by Crippen LogP contribution is -2.21. The minimum absolute atomic E-state index is 0.133. The number of aryl methyl sites for hydroxylation is 1. The van der Waals surface area contributed by atoms with E-state index in [1.165, 1.54) is 0 Å². The molecule has 110 valence electrons. The summed E-state index contributed by atoms with van der Waals surface area (Å²) in [5.41, 5.74) is 8.52. The standard InChI is InChI=1S/C16H18N2O3/c1-11-6-7-13(17)8-14(11)18-16(20)10-21-15-5-3-2-4-12(15)9-19/h2-8,19H,9-10,17H2,1H3,(H,18,20). The molecule has 0 radical (unpaired) electrons. The van der Waals surface area contributed by atoms with Crippen molar-refractivity contribution in [1.29, 1.82) is 0 Å². The highest BCUT2D eigenvalue weighted by atomic mass is 16.5. The first-order valence-electron chi connectivity index (χ1n) is 6.57. The maximum absolute atomic E-state index is 11.9. The van der Waals surface area contributed by atoms with Crippen molar-refractivity contribution in [2.45, 2.75) is 13.5 Å². The van der Waals surface area contributed by atoms with E-state index >= 15 is 0 Å². The second kappa shape index (κ2) is 6.76. The number of nitrogen functional groups attached to an aromatic ring is 1. The number of aliphatic hydroxyl groups excluding tert-OH is 1. The molecule has 2 aromatic carbocycles. The molecule has 0 heterocycles. The Balaban J connectivity index is 1.97. The summed E-state index contributed by atoms with van der Waals surface area (Å²) < 4.78 is 5.43. The quantitative estimate of drug-likeness (QED) is 0.735. The van der Waals surface area contributed by atoms with Gasteiger partial charge in [-0.2, -0.15) is 0 Å². The van der Waals surface area contributed by atoms with Crippen LogP contribution in [0.1, 0.15) is 11.1 Å². The molecule has 0 saturated heterocycles. The van der Waals surface area contributed by atoms with Crippen molar-refractivity contribution in [2.75, 3.05) is 17.7 Å². The summed E-state index contributed by atoms with van der Waals surface area (Å²) in [5.74, 6) is 0.218. The van der Waals surface area contributed by atoms with Gasteiger partial charge in [-0.05, 0) is 30.7 Å². The number of benzene rings is 2. The maximum atomic E-state index is 11.9. The molecule has 0 fully saturated rings. The number of ether oxygens (including phenoxy) is 1. The SMILES string of the molecule is Cc1ccc(N)cc1NC(=O)COc1ccccc1CO. The first-order valence-corrected chi connectivity index (χ1v) is 6.57. The number of nitrogens with one attached hydrogen (secondary N) is 1. The summed E-state index contributed by atoms with van der Waals surface area (Å²) in [6.07, 6.45) is 0. The number of carbonyl (C=O) groups is 1. The Morgan fingerprint density at radius 2 is 2.05 bits per heavy atom. The van der Waals surface area contributed by atoms with Crippen LogP contribution in [0, 0.1) is 6.92 Å². The monoisotopic (exact) mass is 286 g/mol. The molecular weight excluding hydrogens is 268 g/mol. The lowest BCUT2D eigenvalue weighted by molar-refractivity contribution is -0.118. The fourth-order valence-corrected chi connectivity index (χ4v) is 1.88. The number of rotatable bonds is 5. The van der Waals surface area contributed by atoms with Crippen molar-refractivity contribution in [3.8, 4) is 5.75 Å². The van der Waals surface area contributed by atoms with Gasteiger partial charge in [-0.1, -0.05) is 24.3 Å². The summed E-state index contributed by atoms with van der Waals surface area (Å²) >= 11 is 0. The number of hydrogen-bond donors (Lipinski definition) is 3. The second-order valence-corrected chi connectivity index (χ2v) is 4.68. The summed E-state index contributed by atoms with van der Waals surface area (Å²) in [7, 11) is 0. The lowest BCUT2D eigenvalue weighted by atomic mass is 10.2. The number of nitrogens with two attached hydrogens (primary N) is 1. The topological polar surface area (TPSA) is 84.6 Å². The zero-order valence-corrected chi connectivity index (χ0v) is 11.8. The third-order valence-corrected chi connectivity index (χ3v) is 3.04. The highest BCUT2D eigenvalue weighted by molar-refractivity contribution is 5.93. The second-order valence-electron chi connectivity index (χ2n) is 4.68. The Kier molecular flexibility index (Phi) is 4.79. The van der Waals surface area contributed by atoms with Crippen molar-refractivity contribution in [3.05, 3.63) is 53.6 Å². The van der Waals surface area contributed by atoms with Gasteiger partial charge in [-0.3, -0.25) is 4.79 Å². The van der Waals surface area contributed by atoms with Gasteiger partial charge < -0.3 is 20.9 Å². The Bertz CT molecular complexity index is 641. The molecule has 2 aromatic rings. The maximum Gasteiger partial charge on any atom is 0.262 e. The zero-order chi connectivity index (χ0) is 15.2. The van der Waals surface area contributed by atoms with Crippen LogP contribution in [0.2, 0.25) is 0 Å². The van der Waals surface area contributed by atoms with Crippen molar-refractivity contribution >= 4 is 17.3 Å². The molecule has 5 nitrogen and oxygen atoms in total. The van der Waals surface area contributed by atoms with E-state index in [-0.39, 0.29) is 19.1 Å². The molecule has 5 heteroatoms. The van der Waals surface area contributed by atoms with Gasteiger partial charge in [0.05, 0.1) is 6.61 Å². The van der Waals surface area contributed by atoms with Crippen molar-refractivity contribution in [3.63, 3.8) is 0 Å². The molecular formula is C16H18N2O3. The van der Waals surface area contributed by atoms with Crippen LogP contribution in [0.15, 0.2) is 42.5 Å². The molecule has 0 bridgehead atoms. The minimum Gasteiger partial charge on any atom is -0.483 e. The Morgan fingerprint density at radius 3 is 2.81 bits per heavy atom. The van der Waals surface area contributed by atoms with Crippen LogP contribution in [-0.2, 0) is 11.4 Å². The summed E-state index contributed by atoms with van der Waals surface area (Å²) in [4.78, 5) is 11.9. The molecule has 0 aliphatic rings. The average Bonchev–Trinajstić information content (AvgIpc) is 2.49. The highest BCUT2D eigenvalue weighted by Crippen LogP contribution is 2.19. The molecule has 0 spiro atoms. The van der Waals surface area contributed by atoms with Gasteiger partial charge in [-0.25, -0.2) is 0 Å². The first-order chi connectivity index (χ1) is 10.1. The van der Waals surface area contributed by atoms with Crippen LogP contribution in [-0.4, -0.2) is 17.6 Å². The first kappa shape index (κ1) is 14.9. The number of amides is 1. The Labute approximate surface area is 123 Å². The largest absolute Gasteiger partial charge is 0.483 e. The third-order valence-electron chi connectivity index (χ3n) is 3.04. The number of aliphatic hydroxyl groups is 1. The van der Waals surface area contributed by atoms with Crippen LogP contribution < -0.4 is 15.8 Å². The molecule has 4 N–H and O–H groups in total. The number of anilines is 2. The summed E-state index contributed by atoms with van der Waals surface area (Å²) in [6, 6.07) is 12.4. The van der Waals surface area contributed by atoms with Gasteiger partial charge in [0.2, 0.25) is 0 Å². The van der Waals surface area contributed by atoms with E-state index in [9.17, 15) is 9.90 Å². The van der Waals surface area contributed by atoms with Gasteiger partial charge in [0.15, 0.2) is 6.61 Å². The zero-order valence-electron chi connectivity index (χ0n) is 11.8. The number of carbonyl (C=O) groups excluding carboxylic acids is 1. The van der Waals surface area contributed by atoms with E-state index in [0.717, 1.165) is 5.56 Å². The fraction of sp³-hybridized carbons (Fsp3) is 0.188. The average molecular weight is 286 g/mol. The Hall–Kier alpha value is -2.53. The molecule has 0 aliphatic heterocycles. The molecule has 1 amide bonds. The van der Waals surface area contributed by atoms with E-state index < -0.39 is 0 Å². The van der Waals surface area contributed by atoms with Crippen molar-refractivity contribution in [1.82, 2.24) is 0 Å². The molecule has 2 rings (SSSR count). The van der Waals surface area contributed by atoms with Crippen LogP contribution in [0.25, 0.3) is 0 Å². The van der Waals surface area contributed by atoms with E-state index in [1.807, 2.05) is 13.0 Å². The molecule has 0 aliphatic carbocycles. The minimum atomic E-state index is -0.281. The van der Waals surface area contributed by atoms with Gasteiger partial charge >= 0.3 is 0 Å². The van der Waals surface area contributed by atoms with Gasteiger partial charge in [-0.15, -0.1) is 0 Å². The molecule has 0 atom stereocenters. The van der Waals surface area contributed by atoms with Gasteiger partial charge in [0, 0.05) is 16.9 Å². The molecule has 21 heavy (non-hydrogen) atoms. The normalized spacial score (nSPS) is 10.2. The van der Waals surface area contributed by atoms with Crippen LogP contribution >= 0.6 is 0 Å². The smallest absolute Gasteiger partial charge is 0.262 e. The summed E-state index contributed by atoms with van der Waals surface area (Å²) in [6.45, 7) is 1.62. The fourth-order valence-electron chi connectivity index (χ4n) is 1.88. The van der Waals surface area contributed by atoms with E-state index in [4.69, 9.17) is 10.5 Å². The molecule has 0 aromatic heterocycles. The van der Waals surface area contributed by atoms with Gasteiger partial charge in [0.25, 0.3) is 5.91 Å². The van der Waals surface area contributed by atoms with Crippen molar-refractivity contribution < 1.29 is 14.6 Å².